The van der Waals surface area contributed by atoms with E-state index in [0.29, 0.717) is 32.8 Å². The van der Waals surface area contributed by atoms with Crippen LogP contribution in [0.5, 0.6) is 5.75 Å². The zero-order valence-electron chi connectivity index (χ0n) is 19.5. The van der Waals surface area contributed by atoms with Crippen LogP contribution in [0.25, 0.3) is 0 Å². The number of amides is 2. The molecule has 0 aliphatic heterocycles. The summed E-state index contributed by atoms with van der Waals surface area (Å²) < 4.78 is 5.72. The maximum absolute atomic E-state index is 13.5. The summed E-state index contributed by atoms with van der Waals surface area (Å²) in [6.07, 6.45) is 0.327. The van der Waals surface area contributed by atoms with Crippen molar-refractivity contribution in [1.29, 1.82) is 0 Å². The van der Waals surface area contributed by atoms with Gasteiger partial charge >= 0.3 is 0 Å². The molecule has 5 nitrogen and oxygen atoms in total. The Morgan fingerprint density at radius 2 is 1.63 bits per heavy atom. The van der Waals surface area contributed by atoms with Crippen LogP contribution >= 0.6 is 34.8 Å². The largest absolute Gasteiger partial charge is 0.484 e. The second-order valence-corrected chi connectivity index (χ2v) is 9.65. The molecule has 35 heavy (non-hydrogen) atoms. The lowest BCUT2D eigenvalue weighted by Crippen LogP contribution is -2.52. The molecule has 0 radical (unpaired) electrons. The molecule has 0 aliphatic rings. The molecule has 0 unspecified atom stereocenters. The Morgan fingerprint density at radius 3 is 2.29 bits per heavy atom. The van der Waals surface area contributed by atoms with Crippen molar-refractivity contribution in [3.8, 4) is 5.75 Å². The zero-order chi connectivity index (χ0) is 25.4. The van der Waals surface area contributed by atoms with Crippen LogP contribution in [-0.2, 0) is 22.6 Å². The number of rotatable bonds is 10. The lowest BCUT2D eigenvalue weighted by atomic mass is 10.0. The molecular formula is C27H27Cl3N2O3. The molecule has 3 aromatic rings. The monoisotopic (exact) mass is 532 g/mol. The Labute approximate surface area is 220 Å². The third-order valence-electron chi connectivity index (χ3n) is 5.22. The van der Waals surface area contributed by atoms with Crippen molar-refractivity contribution < 1.29 is 14.3 Å². The van der Waals surface area contributed by atoms with E-state index in [0.717, 1.165) is 5.56 Å². The molecule has 0 saturated carbocycles. The minimum atomic E-state index is -0.790. The zero-order valence-corrected chi connectivity index (χ0v) is 21.8. The van der Waals surface area contributed by atoms with E-state index < -0.39 is 6.04 Å². The van der Waals surface area contributed by atoms with Gasteiger partial charge in [0, 0.05) is 34.1 Å². The van der Waals surface area contributed by atoms with E-state index in [2.05, 4.69) is 5.32 Å². The molecule has 8 heteroatoms. The number of hydrogen-bond donors (Lipinski definition) is 1. The lowest BCUT2D eigenvalue weighted by molar-refractivity contribution is -0.143. The highest BCUT2D eigenvalue weighted by molar-refractivity contribution is 6.35. The van der Waals surface area contributed by atoms with Gasteiger partial charge in [0.15, 0.2) is 6.61 Å². The maximum Gasteiger partial charge on any atom is 0.261 e. The second-order valence-electron chi connectivity index (χ2n) is 8.37. The van der Waals surface area contributed by atoms with E-state index in [1.54, 1.807) is 42.5 Å². The van der Waals surface area contributed by atoms with Crippen molar-refractivity contribution in [2.24, 2.45) is 0 Å². The summed E-state index contributed by atoms with van der Waals surface area (Å²) in [4.78, 5) is 28.4. The highest BCUT2D eigenvalue weighted by Crippen LogP contribution is 2.24. The van der Waals surface area contributed by atoms with Gasteiger partial charge in [0.05, 0.1) is 0 Å². The van der Waals surface area contributed by atoms with Crippen LogP contribution in [0.1, 0.15) is 25.0 Å². The van der Waals surface area contributed by atoms with Crippen LogP contribution in [0, 0.1) is 0 Å². The molecule has 184 valence electrons. The Kier molecular flexibility index (Phi) is 9.84. The average Bonchev–Trinajstić information content (AvgIpc) is 2.81. The van der Waals surface area contributed by atoms with Crippen molar-refractivity contribution in [1.82, 2.24) is 10.2 Å². The molecule has 3 aromatic carbocycles. The first-order chi connectivity index (χ1) is 16.7. The molecule has 1 atom stereocenters. The maximum atomic E-state index is 13.5. The minimum Gasteiger partial charge on any atom is -0.484 e. The third kappa shape index (κ3) is 8.17. The minimum absolute atomic E-state index is 0.0976. The molecule has 3 rings (SSSR count). The molecular weight excluding hydrogens is 507 g/mol. The van der Waals surface area contributed by atoms with E-state index in [1.807, 2.05) is 44.2 Å². The predicted octanol–water partition coefficient (Wildman–Crippen LogP) is 6.19. The summed E-state index contributed by atoms with van der Waals surface area (Å²) in [6.45, 7) is 3.59. The van der Waals surface area contributed by atoms with Gasteiger partial charge in [-0.3, -0.25) is 9.59 Å². The normalized spacial score (nSPS) is 11.7. The van der Waals surface area contributed by atoms with Gasteiger partial charge in [-0.1, -0.05) is 77.3 Å². The molecule has 0 saturated heterocycles. The van der Waals surface area contributed by atoms with Gasteiger partial charge in [-0.2, -0.15) is 0 Å². The van der Waals surface area contributed by atoms with Crippen LogP contribution in [-0.4, -0.2) is 35.4 Å². The van der Waals surface area contributed by atoms with Crippen LogP contribution in [0.4, 0.5) is 0 Å². The molecule has 1 N–H and O–H groups in total. The van der Waals surface area contributed by atoms with Gasteiger partial charge in [-0.15, -0.1) is 0 Å². The summed E-state index contributed by atoms with van der Waals surface area (Å²) >= 11 is 18.5. The number of ether oxygens (including phenoxy) is 1. The van der Waals surface area contributed by atoms with Crippen molar-refractivity contribution in [2.75, 3.05) is 6.61 Å². The van der Waals surface area contributed by atoms with E-state index in [9.17, 15) is 9.59 Å². The Morgan fingerprint density at radius 1 is 0.914 bits per heavy atom. The van der Waals surface area contributed by atoms with Crippen molar-refractivity contribution in [3.05, 3.63) is 99.0 Å². The standard InChI is InChI=1S/C27H27Cl3N2O3/c1-18(2)31-27(34)25(13-19-7-4-3-5-8-19)32(16-20-11-12-22(29)15-24(20)30)26(33)17-35-23-10-6-9-21(28)14-23/h3-12,14-15,18,25H,13,16-17H2,1-2H3,(H,31,34)/t25-/m0/s1. The van der Waals surface area contributed by atoms with E-state index >= 15 is 0 Å². The smallest absolute Gasteiger partial charge is 0.261 e. The van der Waals surface area contributed by atoms with Gasteiger partial charge in [-0.05, 0) is 55.3 Å². The molecule has 0 heterocycles. The fourth-order valence-electron chi connectivity index (χ4n) is 3.55. The average molecular weight is 534 g/mol. The number of carbonyl (C=O) groups excluding carboxylic acids is 2. The highest BCUT2D eigenvalue weighted by atomic mass is 35.5. The number of nitrogens with zero attached hydrogens (tertiary/aromatic N) is 1. The number of halogens is 3. The molecule has 0 aromatic heterocycles. The SMILES string of the molecule is CC(C)NC(=O)[C@H](Cc1ccccc1)N(Cc1ccc(Cl)cc1Cl)C(=O)COc1cccc(Cl)c1. The highest BCUT2D eigenvalue weighted by Gasteiger charge is 2.31. The fourth-order valence-corrected chi connectivity index (χ4v) is 4.20. The van der Waals surface area contributed by atoms with Gasteiger partial charge in [0.1, 0.15) is 11.8 Å². The van der Waals surface area contributed by atoms with Crippen molar-refractivity contribution in [2.45, 2.75) is 38.9 Å². The summed E-state index contributed by atoms with van der Waals surface area (Å²) in [5.74, 6) is -0.164. The number of benzene rings is 3. The predicted molar refractivity (Wildman–Crippen MR) is 141 cm³/mol. The first-order valence-electron chi connectivity index (χ1n) is 11.2. The second kappa shape index (κ2) is 12.8. The number of carbonyl (C=O) groups is 2. The quantitative estimate of drug-likeness (QED) is 0.338. The van der Waals surface area contributed by atoms with E-state index in [4.69, 9.17) is 39.5 Å². The molecule has 2 amide bonds. The van der Waals surface area contributed by atoms with Gasteiger partial charge in [-0.25, -0.2) is 0 Å². The van der Waals surface area contributed by atoms with E-state index in [-0.39, 0.29) is 31.0 Å². The number of nitrogens with one attached hydrogen (secondary N) is 1. The first kappa shape index (κ1) is 26.9. The van der Waals surface area contributed by atoms with Crippen LogP contribution in [0.2, 0.25) is 15.1 Å². The van der Waals surface area contributed by atoms with Gasteiger partial charge in [0.25, 0.3) is 5.91 Å². The topological polar surface area (TPSA) is 58.6 Å². The summed E-state index contributed by atoms with van der Waals surface area (Å²) in [5.41, 5.74) is 1.59. The Balaban J connectivity index is 1.94. The fraction of sp³-hybridized carbons (Fsp3) is 0.259. The van der Waals surface area contributed by atoms with Gasteiger partial charge in [0.2, 0.25) is 5.91 Å². The third-order valence-corrected chi connectivity index (χ3v) is 6.04. The first-order valence-corrected chi connectivity index (χ1v) is 12.3. The van der Waals surface area contributed by atoms with Crippen LogP contribution in [0.15, 0.2) is 72.8 Å². The van der Waals surface area contributed by atoms with Crippen LogP contribution in [0.3, 0.4) is 0 Å². The lowest BCUT2D eigenvalue weighted by Gasteiger charge is -2.32. The van der Waals surface area contributed by atoms with Crippen molar-refractivity contribution in [3.63, 3.8) is 0 Å². The summed E-state index contributed by atoms with van der Waals surface area (Å²) in [6, 6.07) is 20.5. The van der Waals surface area contributed by atoms with E-state index in [1.165, 1.54) is 4.90 Å². The Hall–Kier alpha value is -2.73. The molecule has 0 spiro atoms. The van der Waals surface area contributed by atoms with Crippen molar-refractivity contribution >= 4 is 46.6 Å². The molecule has 0 aliphatic carbocycles. The van der Waals surface area contributed by atoms with Crippen LogP contribution < -0.4 is 10.1 Å². The summed E-state index contributed by atoms with van der Waals surface area (Å²) in [7, 11) is 0. The Bertz CT molecular complexity index is 1160. The number of hydrogen-bond acceptors (Lipinski definition) is 3. The van der Waals surface area contributed by atoms with Gasteiger partial charge < -0.3 is 15.0 Å². The molecule has 0 bridgehead atoms. The molecule has 0 fully saturated rings. The summed E-state index contributed by atoms with van der Waals surface area (Å²) in [5, 5.41) is 4.34.